The van der Waals surface area contributed by atoms with Gasteiger partial charge in [0.2, 0.25) is 0 Å². The van der Waals surface area contributed by atoms with Gasteiger partial charge < -0.3 is 10.2 Å². The Balaban J connectivity index is 0.00000112. The molecule has 0 bridgehead atoms. The molecule has 0 atom stereocenters. The Morgan fingerprint density at radius 1 is 0.562 bits per heavy atom. The Bertz CT molecular complexity index is 415. The molecule has 2 aromatic carbocycles. The van der Waals surface area contributed by atoms with Crippen LogP contribution < -0.4 is 0 Å². The standard InChI is InChI=1S/C12H10O2.2Na/c13-11-7-3-1-5-9(11)10-6-2-4-8-12(10)14;;/h1-8,13-14H;;. The minimum Gasteiger partial charge on any atom is -0.507 e. The first-order chi connectivity index (χ1) is 6.79. The van der Waals surface area contributed by atoms with E-state index in [1.54, 1.807) is 36.4 Å². The quantitative estimate of drug-likeness (QED) is 0.738. The fraction of sp³-hybridized carbons (Fsp3) is 0. The predicted octanol–water partition coefficient (Wildman–Crippen LogP) is 2.00. The van der Waals surface area contributed by atoms with E-state index in [0.29, 0.717) is 11.1 Å². The van der Waals surface area contributed by atoms with Crippen LogP contribution in [0, 0.1) is 0 Å². The summed E-state index contributed by atoms with van der Waals surface area (Å²) in [5.41, 5.74) is 1.29. The zero-order valence-electron chi connectivity index (χ0n) is 9.51. The van der Waals surface area contributed by atoms with Crippen molar-refractivity contribution in [2.45, 2.75) is 0 Å². The fourth-order valence-corrected chi connectivity index (χ4v) is 1.40. The van der Waals surface area contributed by atoms with Crippen molar-refractivity contribution in [3.63, 3.8) is 0 Å². The molecule has 4 heteroatoms. The van der Waals surface area contributed by atoms with Crippen molar-refractivity contribution >= 4 is 59.1 Å². The molecule has 0 fully saturated rings. The molecule has 0 amide bonds. The summed E-state index contributed by atoms with van der Waals surface area (Å²) < 4.78 is 0. The zero-order valence-corrected chi connectivity index (χ0v) is 13.5. The van der Waals surface area contributed by atoms with E-state index in [-0.39, 0.29) is 70.6 Å². The fourth-order valence-electron chi connectivity index (χ4n) is 1.40. The van der Waals surface area contributed by atoms with Crippen LogP contribution in [0.15, 0.2) is 48.5 Å². The second kappa shape index (κ2) is 7.38. The van der Waals surface area contributed by atoms with Gasteiger partial charge in [-0.15, -0.1) is 0 Å². The molecule has 2 rings (SSSR count). The summed E-state index contributed by atoms with van der Waals surface area (Å²) in [6.07, 6.45) is 0. The molecule has 0 unspecified atom stereocenters. The summed E-state index contributed by atoms with van der Waals surface area (Å²) in [7, 11) is 0. The van der Waals surface area contributed by atoms with Gasteiger partial charge in [-0.05, 0) is 12.1 Å². The molecule has 2 N–H and O–H groups in total. The number of aromatic hydroxyl groups is 2. The van der Waals surface area contributed by atoms with Crippen LogP contribution >= 0.6 is 0 Å². The van der Waals surface area contributed by atoms with Crippen LogP contribution in [-0.4, -0.2) is 69.3 Å². The molecule has 0 aromatic heterocycles. The van der Waals surface area contributed by atoms with Gasteiger partial charge in [0, 0.05) is 70.2 Å². The summed E-state index contributed by atoms with van der Waals surface area (Å²) in [6.45, 7) is 0. The van der Waals surface area contributed by atoms with Gasteiger partial charge in [-0.2, -0.15) is 0 Å². The number of hydrogen-bond acceptors (Lipinski definition) is 2. The van der Waals surface area contributed by atoms with Gasteiger partial charge in [-0.25, -0.2) is 0 Å². The molecule has 16 heavy (non-hydrogen) atoms. The van der Waals surface area contributed by atoms with Crippen molar-refractivity contribution in [2.24, 2.45) is 0 Å². The topological polar surface area (TPSA) is 40.5 Å². The van der Waals surface area contributed by atoms with Crippen molar-refractivity contribution < 1.29 is 10.2 Å². The van der Waals surface area contributed by atoms with E-state index in [9.17, 15) is 10.2 Å². The van der Waals surface area contributed by atoms with E-state index in [2.05, 4.69) is 0 Å². The van der Waals surface area contributed by atoms with E-state index < -0.39 is 0 Å². The van der Waals surface area contributed by atoms with Gasteiger partial charge in [-0.3, -0.25) is 0 Å². The molecule has 0 saturated heterocycles. The summed E-state index contributed by atoms with van der Waals surface area (Å²) in [5, 5.41) is 19.2. The molecule has 0 aliphatic carbocycles. The third kappa shape index (κ3) is 3.52. The van der Waals surface area contributed by atoms with Crippen LogP contribution in [0.1, 0.15) is 0 Å². The van der Waals surface area contributed by atoms with Gasteiger partial charge in [-0.1, -0.05) is 36.4 Å². The molecule has 2 nitrogen and oxygen atoms in total. The zero-order chi connectivity index (χ0) is 9.97. The third-order valence-corrected chi connectivity index (χ3v) is 2.10. The van der Waals surface area contributed by atoms with Crippen molar-refractivity contribution in [1.29, 1.82) is 0 Å². The van der Waals surface area contributed by atoms with Gasteiger partial charge in [0.1, 0.15) is 11.5 Å². The molecule has 72 valence electrons. The average Bonchev–Trinajstić information content (AvgIpc) is 2.20. The molecule has 2 aromatic rings. The molecular formula is C12H10Na2O2. The van der Waals surface area contributed by atoms with Gasteiger partial charge in [0.25, 0.3) is 0 Å². The van der Waals surface area contributed by atoms with Crippen molar-refractivity contribution in [1.82, 2.24) is 0 Å². The number of hydrogen-bond donors (Lipinski definition) is 2. The van der Waals surface area contributed by atoms with Crippen LogP contribution in [0.5, 0.6) is 11.5 Å². The molecule has 0 heterocycles. The SMILES string of the molecule is Oc1ccccc1-c1ccccc1O.[Na].[Na]. The van der Waals surface area contributed by atoms with Crippen LogP contribution in [0.3, 0.4) is 0 Å². The Hall–Kier alpha value is 0.0400. The second-order valence-corrected chi connectivity index (χ2v) is 3.03. The third-order valence-electron chi connectivity index (χ3n) is 2.10. The van der Waals surface area contributed by atoms with E-state index in [4.69, 9.17) is 0 Å². The second-order valence-electron chi connectivity index (χ2n) is 3.03. The molecule has 0 aliphatic rings. The maximum absolute atomic E-state index is 9.58. The number of phenols is 2. The minimum absolute atomic E-state index is 0. The Kier molecular flexibility index (Phi) is 7.40. The maximum Gasteiger partial charge on any atom is 0.123 e. The van der Waals surface area contributed by atoms with E-state index in [0.717, 1.165) is 0 Å². The summed E-state index contributed by atoms with van der Waals surface area (Å²) in [4.78, 5) is 0. The molecule has 0 spiro atoms. The van der Waals surface area contributed by atoms with Crippen molar-refractivity contribution in [2.75, 3.05) is 0 Å². The summed E-state index contributed by atoms with van der Waals surface area (Å²) in [5.74, 6) is 0.350. The van der Waals surface area contributed by atoms with Crippen LogP contribution in [0.25, 0.3) is 11.1 Å². The minimum atomic E-state index is 0. The number of benzene rings is 2. The van der Waals surface area contributed by atoms with Gasteiger partial charge in [0.15, 0.2) is 0 Å². The monoisotopic (exact) mass is 232 g/mol. The number of para-hydroxylation sites is 2. The Labute approximate surface area is 139 Å². The maximum atomic E-state index is 9.58. The first kappa shape index (κ1) is 16.0. The number of phenolic OH excluding ortho intramolecular Hbond substituents is 2. The first-order valence-corrected chi connectivity index (χ1v) is 4.35. The Morgan fingerprint density at radius 3 is 1.19 bits per heavy atom. The van der Waals surface area contributed by atoms with Crippen LogP contribution in [0.2, 0.25) is 0 Å². The molecular weight excluding hydrogens is 222 g/mol. The van der Waals surface area contributed by atoms with Crippen LogP contribution in [-0.2, 0) is 0 Å². The van der Waals surface area contributed by atoms with Crippen LogP contribution in [0.4, 0.5) is 0 Å². The van der Waals surface area contributed by atoms with Gasteiger partial charge in [0.05, 0.1) is 0 Å². The van der Waals surface area contributed by atoms with E-state index in [1.807, 2.05) is 12.1 Å². The largest absolute Gasteiger partial charge is 0.507 e. The number of rotatable bonds is 1. The normalized spacial score (nSPS) is 8.75. The average molecular weight is 232 g/mol. The molecule has 0 aliphatic heterocycles. The summed E-state index contributed by atoms with van der Waals surface area (Å²) in [6, 6.07) is 13.9. The van der Waals surface area contributed by atoms with Crippen molar-refractivity contribution in [3.05, 3.63) is 48.5 Å². The summed E-state index contributed by atoms with van der Waals surface area (Å²) >= 11 is 0. The Morgan fingerprint density at radius 2 is 0.875 bits per heavy atom. The molecule has 0 saturated carbocycles. The van der Waals surface area contributed by atoms with E-state index in [1.165, 1.54) is 0 Å². The van der Waals surface area contributed by atoms with Crippen molar-refractivity contribution in [3.8, 4) is 22.6 Å². The molecule has 2 radical (unpaired) electrons. The first-order valence-electron chi connectivity index (χ1n) is 4.35. The van der Waals surface area contributed by atoms with E-state index >= 15 is 0 Å². The van der Waals surface area contributed by atoms with Gasteiger partial charge >= 0.3 is 0 Å². The smallest absolute Gasteiger partial charge is 0.123 e. The predicted molar refractivity (Wildman–Crippen MR) is 66.7 cm³/mol.